The average Bonchev–Trinajstić information content (AvgIpc) is 3.73. The van der Waals surface area contributed by atoms with Crippen molar-refractivity contribution in [3.63, 3.8) is 0 Å². The van der Waals surface area contributed by atoms with Gasteiger partial charge in [-0.05, 0) is 42.5 Å². The summed E-state index contributed by atoms with van der Waals surface area (Å²) in [6.07, 6.45) is 3.58. The lowest BCUT2D eigenvalue weighted by molar-refractivity contribution is 0.670. The molecule has 0 saturated carbocycles. The van der Waals surface area contributed by atoms with Crippen molar-refractivity contribution in [2.24, 2.45) is 0 Å². The molecule has 0 spiro atoms. The van der Waals surface area contributed by atoms with E-state index in [2.05, 4.69) is 75.0 Å². The molecule has 0 aliphatic heterocycles. The molecule has 0 amide bonds. The van der Waals surface area contributed by atoms with Crippen LogP contribution in [0.2, 0.25) is 0 Å². The van der Waals surface area contributed by atoms with Gasteiger partial charge in [-0.1, -0.05) is 48.5 Å². The van der Waals surface area contributed by atoms with Crippen LogP contribution in [0.4, 0.5) is 0 Å². The van der Waals surface area contributed by atoms with Gasteiger partial charge >= 0.3 is 0 Å². The Hall–Kier alpha value is -5.42. The first-order valence-corrected chi connectivity index (χ1v) is 13.0. The first kappa shape index (κ1) is 19.7. The largest absolute Gasteiger partial charge is 0.454 e. The molecule has 5 nitrogen and oxygen atoms in total. The second-order valence-corrected chi connectivity index (χ2v) is 10.2. The summed E-state index contributed by atoms with van der Waals surface area (Å²) in [4.78, 5) is 9.14. The first-order valence-electron chi connectivity index (χ1n) is 13.0. The number of benzene rings is 5. The third-order valence-corrected chi connectivity index (χ3v) is 8.23. The summed E-state index contributed by atoms with van der Waals surface area (Å²) >= 11 is 0. The molecule has 0 saturated heterocycles. The average molecular weight is 500 g/mol. The van der Waals surface area contributed by atoms with Gasteiger partial charge < -0.3 is 13.2 Å². The van der Waals surface area contributed by atoms with E-state index in [1.165, 1.54) is 0 Å². The molecule has 5 heterocycles. The number of rotatable bonds is 1. The fraction of sp³-hybridized carbons (Fsp3) is 0. The second kappa shape index (κ2) is 6.71. The normalized spacial score (nSPS) is 12.6. The number of fused-ring (bicyclic) bond motifs is 14. The Morgan fingerprint density at radius 2 is 0.974 bits per heavy atom. The smallest absolute Gasteiger partial charge is 0.160 e. The van der Waals surface area contributed by atoms with E-state index in [4.69, 9.17) is 8.83 Å². The Labute approximate surface area is 219 Å². The standard InChI is InChI=1S/C34H17N3O2/c1-3-8-27-19(6-1)23-12-10-21-25-16-18(34-35-14-5-15-36-34)17-26-22-11-13-24-20-7-2-4-9-28(20)39-33(24)31(22)37(29(25)26)30(21)32(23)38-27/h1-17H. The van der Waals surface area contributed by atoms with Crippen LogP contribution in [0.5, 0.6) is 0 Å². The summed E-state index contributed by atoms with van der Waals surface area (Å²) in [7, 11) is 0. The van der Waals surface area contributed by atoms with E-state index in [1.807, 2.05) is 30.3 Å². The van der Waals surface area contributed by atoms with E-state index in [-0.39, 0.29) is 0 Å². The highest BCUT2D eigenvalue weighted by molar-refractivity contribution is 6.31. The molecule has 10 aromatic rings. The van der Waals surface area contributed by atoms with Crippen molar-refractivity contribution in [2.45, 2.75) is 0 Å². The van der Waals surface area contributed by atoms with Gasteiger partial charge in [0.05, 0.1) is 16.6 Å². The van der Waals surface area contributed by atoms with Gasteiger partial charge in [0.2, 0.25) is 0 Å². The van der Waals surface area contributed by atoms with E-state index in [0.29, 0.717) is 5.82 Å². The quantitative estimate of drug-likeness (QED) is 0.226. The molecule has 39 heavy (non-hydrogen) atoms. The Bertz CT molecular complexity index is 2450. The Kier molecular flexibility index (Phi) is 3.38. The van der Waals surface area contributed by atoms with Gasteiger partial charge in [0.15, 0.2) is 17.0 Å². The fourth-order valence-corrected chi connectivity index (χ4v) is 6.63. The molecule has 0 atom stereocenters. The van der Waals surface area contributed by atoms with Crippen LogP contribution in [0.1, 0.15) is 0 Å². The molecular formula is C34H17N3O2. The first-order chi connectivity index (χ1) is 19.3. The fourth-order valence-electron chi connectivity index (χ4n) is 6.63. The molecule has 0 bridgehead atoms. The summed E-state index contributed by atoms with van der Waals surface area (Å²) in [5.74, 6) is 0.708. The van der Waals surface area contributed by atoms with Gasteiger partial charge in [0.1, 0.15) is 11.2 Å². The lowest BCUT2D eigenvalue weighted by atomic mass is 10.0. The van der Waals surface area contributed by atoms with Gasteiger partial charge in [-0.3, -0.25) is 0 Å². The number of nitrogens with zero attached hydrogens (tertiary/aromatic N) is 3. The van der Waals surface area contributed by atoms with Crippen LogP contribution < -0.4 is 0 Å². The summed E-state index contributed by atoms with van der Waals surface area (Å²) < 4.78 is 15.5. The number of furan rings is 2. The van der Waals surface area contributed by atoms with E-state index < -0.39 is 0 Å². The van der Waals surface area contributed by atoms with E-state index in [0.717, 1.165) is 87.5 Å². The lowest BCUT2D eigenvalue weighted by Gasteiger charge is -2.02. The summed E-state index contributed by atoms with van der Waals surface area (Å²) in [5.41, 5.74) is 7.79. The minimum absolute atomic E-state index is 0.708. The van der Waals surface area contributed by atoms with Crippen LogP contribution in [0.15, 0.2) is 112 Å². The predicted octanol–water partition coefficient (Wildman–Crippen LogP) is 9.09. The van der Waals surface area contributed by atoms with Crippen LogP contribution in [0, 0.1) is 0 Å². The zero-order valence-corrected chi connectivity index (χ0v) is 20.5. The van der Waals surface area contributed by atoms with Crippen LogP contribution in [0.25, 0.3) is 93.4 Å². The predicted molar refractivity (Wildman–Crippen MR) is 157 cm³/mol. The molecule has 0 radical (unpaired) electrons. The monoisotopic (exact) mass is 499 g/mol. The summed E-state index contributed by atoms with van der Waals surface area (Å²) in [6, 6.07) is 31.6. The zero-order chi connectivity index (χ0) is 25.2. The van der Waals surface area contributed by atoms with Crippen molar-refractivity contribution in [3.05, 3.63) is 103 Å². The van der Waals surface area contributed by atoms with Crippen LogP contribution in [-0.2, 0) is 0 Å². The third kappa shape index (κ3) is 2.32. The minimum atomic E-state index is 0.708. The molecule has 180 valence electrons. The molecule has 0 aliphatic rings. The number of aromatic nitrogens is 3. The van der Waals surface area contributed by atoms with Crippen molar-refractivity contribution in [1.82, 2.24) is 14.4 Å². The molecule has 5 aromatic heterocycles. The topological polar surface area (TPSA) is 56.5 Å². The van der Waals surface area contributed by atoms with Crippen molar-refractivity contribution in [3.8, 4) is 11.4 Å². The maximum Gasteiger partial charge on any atom is 0.160 e. The second-order valence-electron chi connectivity index (χ2n) is 10.2. The van der Waals surface area contributed by atoms with E-state index >= 15 is 0 Å². The summed E-state index contributed by atoms with van der Waals surface area (Å²) in [5, 5.41) is 9.01. The lowest BCUT2D eigenvalue weighted by Crippen LogP contribution is -1.86. The number of para-hydroxylation sites is 2. The molecule has 0 fully saturated rings. The van der Waals surface area contributed by atoms with Gasteiger partial charge in [-0.25, -0.2) is 9.97 Å². The van der Waals surface area contributed by atoms with Crippen molar-refractivity contribution in [2.75, 3.05) is 0 Å². The highest BCUT2D eigenvalue weighted by Crippen LogP contribution is 2.47. The molecule has 10 rings (SSSR count). The maximum atomic E-state index is 6.59. The molecule has 5 aromatic carbocycles. The molecule has 0 N–H and O–H groups in total. The van der Waals surface area contributed by atoms with Gasteiger partial charge in [0, 0.05) is 61.0 Å². The van der Waals surface area contributed by atoms with Crippen LogP contribution in [0.3, 0.4) is 0 Å². The third-order valence-electron chi connectivity index (χ3n) is 8.23. The van der Waals surface area contributed by atoms with Crippen molar-refractivity contribution >= 4 is 82.0 Å². The molecule has 0 aliphatic carbocycles. The van der Waals surface area contributed by atoms with Crippen molar-refractivity contribution in [1.29, 1.82) is 0 Å². The summed E-state index contributed by atoms with van der Waals surface area (Å²) in [6.45, 7) is 0. The highest BCUT2D eigenvalue weighted by Gasteiger charge is 2.25. The van der Waals surface area contributed by atoms with Crippen LogP contribution in [-0.4, -0.2) is 14.4 Å². The molecule has 0 unspecified atom stereocenters. The Balaban J connectivity index is 1.52. The van der Waals surface area contributed by atoms with E-state index in [9.17, 15) is 0 Å². The number of hydrogen-bond acceptors (Lipinski definition) is 4. The molecular weight excluding hydrogens is 482 g/mol. The number of hydrogen-bond donors (Lipinski definition) is 0. The highest BCUT2D eigenvalue weighted by atomic mass is 16.3. The van der Waals surface area contributed by atoms with Crippen molar-refractivity contribution < 1.29 is 8.83 Å². The van der Waals surface area contributed by atoms with E-state index in [1.54, 1.807) is 12.4 Å². The van der Waals surface area contributed by atoms with Gasteiger partial charge in [-0.15, -0.1) is 0 Å². The van der Waals surface area contributed by atoms with Crippen LogP contribution >= 0.6 is 0 Å². The van der Waals surface area contributed by atoms with Gasteiger partial charge in [-0.2, -0.15) is 0 Å². The molecule has 5 heteroatoms. The zero-order valence-electron chi connectivity index (χ0n) is 20.5. The SMILES string of the molecule is c1cnc(-c2cc3c4ccc5c6ccccc6oc5c4n4c3c(c2)c2ccc3c5ccccc5oc3c24)nc1. The maximum absolute atomic E-state index is 6.59. The van der Waals surface area contributed by atoms with Gasteiger partial charge in [0.25, 0.3) is 0 Å². The Morgan fingerprint density at radius 1 is 0.462 bits per heavy atom. The Morgan fingerprint density at radius 3 is 1.54 bits per heavy atom. The minimum Gasteiger partial charge on any atom is -0.454 e.